The zero-order valence-corrected chi connectivity index (χ0v) is 14.0. The van der Waals surface area contributed by atoms with Crippen LogP contribution in [-0.4, -0.2) is 22.1 Å². The molecule has 2 rings (SSSR count). The van der Waals surface area contributed by atoms with Crippen LogP contribution in [-0.2, 0) is 19.7 Å². The van der Waals surface area contributed by atoms with E-state index in [1.165, 1.54) is 19.3 Å². The van der Waals surface area contributed by atoms with Crippen LogP contribution < -0.4 is 15.2 Å². The maximum Gasteiger partial charge on any atom is 0.132 e. The highest BCUT2D eigenvalue weighted by atomic mass is 16.5. The van der Waals surface area contributed by atoms with Gasteiger partial charge in [-0.3, -0.25) is 0 Å². The van der Waals surface area contributed by atoms with Gasteiger partial charge >= 0.3 is 0 Å². The molecule has 2 N–H and O–H groups in total. The zero-order chi connectivity index (χ0) is 16.5. The van der Waals surface area contributed by atoms with Crippen LogP contribution in [0.2, 0.25) is 0 Å². The first-order valence-corrected chi connectivity index (χ1v) is 8.16. The van der Waals surface area contributed by atoms with E-state index in [0.29, 0.717) is 13.2 Å². The number of unbranched alkanes of at least 4 members (excludes halogenated alkanes) is 3. The third kappa shape index (κ3) is 4.96. The first-order valence-electron chi connectivity index (χ1n) is 8.16. The summed E-state index contributed by atoms with van der Waals surface area (Å²) in [6, 6.07) is 7.55. The molecule has 6 nitrogen and oxygen atoms in total. The van der Waals surface area contributed by atoms with Crippen LogP contribution in [0.25, 0.3) is 0 Å². The van der Waals surface area contributed by atoms with Gasteiger partial charge in [0.25, 0.3) is 0 Å². The van der Waals surface area contributed by atoms with Crippen LogP contribution in [0.5, 0.6) is 11.5 Å². The van der Waals surface area contributed by atoms with Crippen molar-refractivity contribution in [3.8, 4) is 11.5 Å². The summed E-state index contributed by atoms with van der Waals surface area (Å²) in [6.45, 7) is 3.82. The number of hydrogen-bond donors (Lipinski definition) is 1. The Labute approximate surface area is 137 Å². The lowest BCUT2D eigenvalue weighted by atomic mass is 10.2. The van der Waals surface area contributed by atoms with E-state index in [9.17, 15) is 0 Å². The number of rotatable bonds is 10. The van der Waals surface area contributed by atoms with E-state index < -0.39 is 0 Å². The summed E-state index contributed by atoms with van der Waals surface area (Å²) in [4.78, 5) is 0. The number of aryl methyl sites for hydroxylation is 1. The fourth-order valence-corrected chi connectivity index (χ4v) is 2.40. The highest BCUT2D eigenvalue weighted by Gasteiger charge is 2.12. The Balaban J connectivity index is 2.00. The van der Waals surface area contributed by atoms with Gasteiger partial charge < -0.3 is 15.2 Å². The van der Waals surface area contributed by atoms with Crippen LogP contribution in [0.3, 0.4) is 0 Å². The van der Waals surface area contributed by atoms with Crippen LogP contribution in [0.15, 0.2) is 24.3 Å². The van der Waals surface area contributed by atoms with Gasteiger partial charge in [-0.05, 0) is 18.6 Å². The maximum absolute atomic E-state index is 5.87. The van der Waals surface area contributed by atoms with Gasteiger partial charge in [0, 0.05) is 19.2 Å². The van der Waals surface area contributed by atoms with Crippen molar-refractivity contribution in [1.29, 1.82) is 0 Å². The van der Waals surface area contributed by atoms with Crippen molar-refractivity contribution in [3.05, 3.63) is 35.7 Å². The fraction of sp³-hybridized carbons (Fsp3) is 0.529. The molecule has 0 aliphatic carbocycles. The maximum atomic E-state index is 5.87. The van der Waals surface area contributed by atoms with Gasteiger partial charge in [-0.25, -0.2) is 4.68 Å². The molecule has 1 heterocycles. The van der Waals surface area contributed by atoms with Crippen molar-refractivity contribution < 1.29 is 9.47 Å². The van der Waals surface area contributed by atoms with E-state index in [-0.39, 0.29) is 0 Å². The molecular formula is C17H26N4O2. The first kappa shape index (κ1) is 17.3. The third-order valence-corrected chi connectivity index (χ3v) is 3.75. The molecule has 0 aliphatic rings. The van der Waals surface area contributed by atoms with E-state index in [2.05, 4.69) is 17.2 Å². The Hall–Kier alpha value is -2.08. The van der Waals surface area contributed by atoms with Crippen molar-refractivity contribution in [1.82, 2.24) is 15.0 Å². The van der Waals surface area contributed by atoms with E-state index >= 15 is 0 Å². The number of nitrogens with zero attached hydrogens (tertiary/aromatic N) is 3. The lowest BCUT2D eigenvalue weighted by Gasteiger charge is -2.10. The molecule has 1 aromatic carbocycles. The summed E-state index contributed by atoms with van der Waals surface area (Å²) in [5.41, 5.74) is 7.51. The second-order valence-electron chi connectivity index (χ2n) is 5.44. The Morgan fingerprint density at radius 2 is 2.00 bits per heavy atom. The van der Waals surface area contributed by atoms with E-state index in [1.54, 1.807) is 7.11 Å². The number of ether oxygens (including phenoxy) is 2. The molecule has 0 bridgehead atoms. The second kappa shape index (κ2) is 9.15. The minimum absolute atomic E-state index is 0.367. The average Bonchev–Trinajstić information content (AvgIpc) is 2.99. The Kier molecular flexibility index (Phi) is 6.87. The molecule has 2 aromatic rings. The molecule has 23 heavy (non-hydrogen) atoms. The summed E-state index contributed by atoms with van der Waals surface area (Å²) in [7, 11) is 1.64. The quantitative estimate of drug-likeness (QED) is 0.682. The Bertz CT molecular complexity index is 598. The molecule has 126 valence electrons. The number of methoxy groups -OCH3 is 1. The van der Waals surface area contributed by atoms with E-state index in [0.717, 1.165) is 35.9 Å². The van der Waals surface area contributed by atoms with Gasteiger partial charge in [-0.2, -0.15) is 0 Å². The first-order chi connectivity index (χ1) is 11.3. The molecule has 0 radical (unpaired) electrons. The van der Waals surface area contributed by atoms with Crippen molar-refractivity contribution in [2.45, 2.75) is 52.3 Å². The molecule has 0 saturated heterocycles. The Morgan fingerprint density at radius 3 is 2.74 bits per heavy atom. The fourth-order valence-electron chi connectivity index (χ4n) is 2.40. The summed E-state index contributed by atoms with van der Waals surface area (Å²) in [6.07, 6.45) is 4.75. The third-order valence-electron chi connectivity index (χ3n) is 3.75. The van der Waals surface area contributed by atoms with Gasteiger partial charge in [0.05, 0.1) is 7.11 Å². The predicted octanol–water partition coefficient (Wildman–Crippen LogP) is 2.90. The monoisotopic (exact) mass is 318 g/mol. The van der Waals surface area contributed by atoms with Crippen LogP contribution in [0.4, 0.5) is 0 Å². The molecule has 6 heteroatoms. The number of nitrogens with two attached hydrogens (primary N) is 1. The molecule has 0 unspecified atom stereocenters. The van der Waals surface area contributed by atoms with Gasteiger partial charge in [0.15, 0.2) is 0 Å². The number of aromatic nitrogens is 3. The SMILES string of the molecule is CCCCCCn1nnc(CN)c1COc1cccc(OC)c1. The topological polar surface area (TPSA) is 75.2 Å². The van der Waals surface area contributed by atoms with Crippen molar-refractivity contribution in [2.24, 2.45) is 5.73 Å². The lowest BCUT2D eigenvalue weighted by Crippen LogP contribution is -2.11. The summed E-state index contributed by atoms with van der Waals surface area (Å²) in [5.74, 6) is 1.53. The highest BCUT2D eigenvalue weighted by Crippen LogP contribution is 2.20. The summed E-state index contributed by atoms with van der Waals surface area (Å²) < 4.78 is 13.0. The van der Waals surface area contributed by atoms with E-state index in [4.69, 9.17) is 15.2 Å². The van der Waals surface area contributed by atoms with Gasteiger partial charge in [0.2, 0.25) is 0 Å². The van der Waals surface area contributed by atoms with Crippen LogP contribution in [0.1, 0.15) is 44.0 Å². The molecule has 0 atom stereocenters. The molecule has 1 aromatic heterocycles. The minimum atomic E-state index is 0.367. The molecular weight excluding hydrogens is 292 g/mol. The molecule has 0 aliphatic heterocycles. The van der Waals surface area contributed by atoms with Crippen LogP contribution in [0, 0.1) is 0 Å². The molecule has 0 saturated carbocycles. The molecule has 0 amide bonds. The average molecular weight is 318 g/mol. The standard InChI is InChI=1S/C17H26N4O2/c1-3-4-5-6-10-21-17(16(12-18)19-20-21)13-23-15-9-7-8-14(11-15)22-2/h7-9,11H,3-6,10,12-13,18H2,1-2H3. The van der Waals surface area contributed by atoms with Crippen molar-refractivity contribution >= 4 is 0 Å². The minimum Gasteiger partial charge on any atom is -0.497 e. The lowest BCUT2D eigenvalue weighted by molar-refractivity contribution is 0.287. The normalized spacial score (nSPS) is 10.7. The summed E-state index contributed by atoms with van der Waals surface area (Å²) >= 11 is 0. The smallest absolute Gasteiger partial charge is 0.132 e. The van der Waals surface area contributed by atoms with E-state index in [1.807, 2.05) is 28.9 Å². The zero-order valence-electron chi connectivity index (χ0n) is 14.0. The molecule has 0 spiro atoms. The van der Waals surface area contributed by atoms with Gasteiger partial charge in [-0.15, -0.1) is 5.10 Å². The number of hydrogen-bond acceptors (Lipinski definition) is 5. The van der Waals surface area contributed by atoms with Gasteiger partial charge in [-0.1, -0.05) is 37.5 Å². The van der Waals surface area contributed by atoms with Gasteiger partial charge in [0.1, 0.15) is 29.5 Å². The van der Waals surface area contributed by atoms with Crippen molar-refractivity contribution in [3.63, 3.8) is 0 Å². The second-order valence-corrected chi connectivity index (χ2v) is 5.44. The molecule has 0 fully saturated rings. The number of benzene rings is 1. The largest absolute Gasteiger partial charge is 0.497 e. The van der Waals surface area contributed by atoms with Crippen molar-refractivity contribution in [2.75, 3.05) is 7.11 Å². The highest BCUT2D eigenvalue weighted by molar-refractivity contribution is 5.33. The van der Waals surface area contributed by atoms with Crippen LogP contribution >= 0.6 is 0 Å². The Morgan fingerprint density at radius 1 is 1.17 bits per heavy atom. The summed E-state index contributed by atoms with van der Waals surface area (Å²) in [5, 5.41) is 8.38. The predicted molar refractivity (Wildman–Crippen MR) is 89.4 cm³/mol.